The molecule has 4 aromatic carbocycles. The van der Waals surface area contributed by atoms with Crippen LogP contribution in [-0.2, 0) is 12.1 Å². The lowest BCUT2D eigenvalue weighted by molar-refractivity contribution is -0.0907. The van der Waals surface area contributed by atoms with Gasteiger partial charge in [0.1, 0.15) is 11.7 Å². The lowest BCUT2D eigenvalue weighted by atomic mass is 9.77. The monoisotopic (exact) mass is 423 g/mol. The van der Waals surface area contributed by atoms with Gasteiger partial charge in [-0.1, -0.05) is 121 Å². The Morgan fingerprint density at radius 2 is 1.06 bits per heavy atom. The fourth-order valence-corrected chi connectivity index (χ4v) is 4.42. The van der Waals surface area contributed by atoms with E-state index in [-0.39, 0.29) is 0 Å². The quantitative estimate of drug-likeness (QED) is 0.412. The van der Waals surface area contributed by atoms with E-state index in [1.807, 2.05) is 116 Å². The minimum atomic E-state index is -1.59. The van der Waals surface area contributed by atoms with Crippen LogP contribution in [-0.4, -0.2) is 28.3 Å². The highest BCUT2D eigenvalue weighted by Crippen LogP contribution is 2.40. The van der Waals surface area contributed by atoms with Crippen LogP contribution < -0.4 is 0 Å². The summed E-state index contributed by atoms with van der Waals surface area (Å²) in [5.74, 6) is 0. The van der Waals surface area contributed by atoms with Crippen LogP contribution in [0.3, 0.4) is 0 Å². The van der Waals surface area contributed by atoms with Gasteiger partial charge in [0, 0.05) is 6.54 Å². The van der Waals surface area contributed by atoms with Gasteiger partial charge in [0.2, 0.25) is 0 Å². The molecule has 0 bridgehead atoms. The Kier molecular flexibility index (Phi) is 6.81. The van der Waals surface area contributed by atoms with Gasteiger partial charge in [0.25, 0.3) is 0 Å². The Morgan fingerprint density at radius 3 is 1.53 bits per heavy atom. The first kappa shape index (κ1) is 22.0. The number of likely N-dealkylation sites (N-methyl/N-ethyl adjacent to an activating group) is 1. The topological polar surface area (TPSA) is 43.7 Å². The molecule has 0 aliphatic heterocycles. The molecule has 0 fully saturated rings. The second-order valence-corrected chi connectivity index (χ2v) is 8.20. The standard InChI is InChI=1S/C29H29NO2/c1-30(22-23-14-6-2-7-15-23)27(24-16-8-3-9-17-24)28(31)29(32,25-18-10-4-11-19-25)26-20-12-5-13-21-26/h2-21,27-28,31-32H,22H2,1H3. The Bertz CT molecular complexity index is 1050. The molecule has 0 spiro atoms. The first-order valence-corrected chi connectivity index (χ1v) is 10.9. The molecule has 0 aromatic heterocycles. The maximum absolute atomic E-state index is 12.2. The summed E-state index contributed by atoms with van der Waals surface area (Å²) in [7, 11) is 1.99. The predicted octanol–water partition coefficient (Wildman–Crippen LogP) is 5.16. The SMILES string of the molecule is CN(Cc1ccccc1)C(c1ccccc1)C(O)C(O)(c1ccccc1)c1ccccc1. The maximum Gasteiger partial charge on any atom is 0.142 e. The van der Waals surface area contributed by atoms with E-state index in [1.54, 1.807) is 0 Å². The second kappa shape index (κ2) is 9.92. The van der Waals surface area contributed by atoms with Crippen molar-refractivity contribution in [3.8, 4) is 0 Å². The van der Waals surface area contributed by atoms with Gasteiger partial charge in [0.05, 0.1) is 6.04 Å². The number of benzene rings is 4. The first-order valence-electron chi connectivity index (χ1n) is 10.9. The van der Waals surface area contributed by atoms with Gasteiger partial charge in [-0.05, 0) is 29.3 Å². The molecule has 2 unspecified atom stereocenters. The summed E-state index contributed by atoms with van der Waals surface area (Å²) in [6.07, 6.45) is -1.12. The van der Waals surface area contributed by atoms with Crippen LogP contribution in [0.4, 0.5) is 0 Å². The summed E-state index contributed by atoms with van der Waals surface area (Å²) in [6, 6.07) is 38.5. The molecule has 0 radical (unpaired) electrons. The third-order valence-electron chi connectivity index (χ3n) is 6.05. The van der Waals surface area contributed by atoms with Gasteiger partial charge in [-0.25, -0.2) is 0 Å². The van der Waals surface area contributed by atoms with Crippen LogP contribution in [0.5, 0.6) is 0 Å². The van der Waals surface area contributed by atoms with Crippen LogP contribution in [0.2, 0.25) is 0 Å². The smallest absolute Gasteiger partial charge is 0.142 e. The van der Waals surface area contributed by atoms with E-state index in [0.717, 1.165) is 11.1 Å². The Hall–Kier alpha value is -3.24. The van der Waals surface area contributed by atoms with Gasteiger partial charge in [-0.2, -0.15) is 0 Å². The van der Waals surface area contributed by atoms with E-state index in [9.17, 15) is 10.2 Å². The summed E-state index contributed by atoms with van der Waals surface area (Å²) < 4.78 is 0. The Labute approximate surface area is 190 Å². The highest BCUT2D eigenvalue weighted by atomic mass is 16.3. The second-order valence-electron chi connectivity index (χ2n) is 8.20. The minimum absolute atomic E-state index is 0.443. The summed E-state index contributed by atoms with van der Waals surface area (Å²) in [6.45, 7) is 0.636. The van der Waals surface area contributed by atoms with Crippen LogP contribution in [0.1, 0.15) is 28.3 Å². The van der Waals surface area contributed by atoms with Crippen LogP contribution in [0.15, 0.2) is 121 Å². The zero-order valence-corrected chi connectivity index (χ0v) is 18.3. The Balaban J connectivity index is 1.81. The molecule has 2 N–H and O–H groups in total. The van der Waals surface area contributed by atoms with Crippen molar-refractivity contribution < 1.29 is 10.2 Å². The number of aliphatic hydroxyl groups is 2. The number of hydrogen-bond acceptors (Lipinski definition) is 3. The average molecular weight is 424 g/mol. The maximum atomic E-state index is 12.2. The van der Waals surface area contributed by atoms with Gasteiger partial charge >= 0.3 is 0 Å². The minimum Gasteiger partial charge on any atom is -0.387 e. The largest absolute Gasteiger partial charge is 0.387 e. The first-order chi connectivity index (χ1) is 15.6. The zero-order valence-electron chi connectivity index (χ0n) is 18.3. The average Bonchev–Trinajstić information content (AvgIpc) is 2.86. The highest BCUT2D eigenvalue weighted by molar-refractivity contribution is 5.39. The molecule has 162 valence electrons. The van der Waals surface area contributed by atoms with Crippen LogP contribution in [0, 0.1) is 0 Å². The van der Waals surface area contributed by atoms with Gasteiger partial charge in [-0.15, -0.1) is 0 Å². The molecule has 3 nitrogen and oxygen atoms in total. The lowest BCUT2D eigenvalue weighted by Crippen LogP contribution is -2.48. The van der Waals surface area contributed by atoms with Crippen molar-refractivity contribution in [2.75, 3.05) is 7.05 Å². The van der Waals surface area contributed by atoms with E-state index in [2.05, 4.69) is 17.0 Å². The fourth-order valence-electron chi connectivity index (χ4n) is 4.42. The molecule has 0 aliphatic rings. The molecule has 0 saturated carbocycles. The van der Waals surface area contributed by atoms with Crippen molar-refractivity contribution in [3.63, 3.8) is 0 Å². The molecule has 32 heavy (non-hydrogen) atoms. The number of hydrogen-bond donors (Lipinski definition) is 2. The normalized spacial score (nSPS) is 13.6. The fraction of sp³-hybridized carbons (Fsp3) is 0.172. The van der Waals surface area contributed by atoms with Crippen molar-refractivity contribution in [3.05, 3.63) is 144 Å². The number of rotatable bonds is 8. The van der Waals surface area contributed by atoms with Crippen molar-refractivity contribution >= 4 is 0 Å². The molecular weight excluding hydrogens is 394 g/mol. The highest BCUT2D eigenvalue weighted by Gasteiger charge is 2.45. The summed E-state index contributed by atoms with van der Waals surface area (Å²) in [5, 5.41) is 24.1. The van der Waals surface area contributed by atoms with E-state index >= 15 is 0 Å². The lowest BCUT2D eigenvalue weighted by Gasteiger charge is -2.42. The van der Waals surface area contributed by atoms with Crippen LogP contribution in [0.25, 0.3) is 0 Å². The van der Waals surface area contributed by atoms with Crippen molar-refractivity contribution in [2.45, 2.75) is 24.3 Å². The van der Waals surface area contributed by atoms with Crippen molar-refractivity contribution in [1.82, 2.24) is 4.90 Å². The molecular formula is C29H29NO2. The van der Waals surface area contributed by atoms with Crippen molar-refractivity contribution in [2.24, 2.45) is 0 Å². The number of nitrogens with zero attached hydrogens (tertiary/aromatic N) is 1. The molecule has 0 aliphatic carbocycles. The molecule has 0 amide bonds. The molecule has 2 atom stereocenters. The van der Waals surface area contributed by atoms with E-state index in [0.29, 0.717) is 17.7 Å². The molecule has 4 rings (SSSR count). The molecule has 0 heterocycles. The van der Waals surface area contributed by atoms with Crippen molar-refractivity contribution in [1.29, 1.82) is 0 Å². The molecule has 3 heteroatoms. The summed E-state index contributed by atoms with van der Waals surface area (Å²) >= 11 is 0. The van der Waals surface area contributed by atoms with E-state index < -0.39 is 17.7 Å². The summed E-state index contributed by atoms with van der Waals surface area (Å²) in [4.78, 5) is 2.10. The van der Waals surface area contributed by atoms with E-state index in [1.165, 1.54) is 0 Å². The van der Waals surface area contributed by atoms with Crippen LogP contribution >= 0.6 is 0 Å². The predicted molar refractivity (Wildman–Crippen MR) is 129 cm³/mol. The van der Waals surface area contributed by atoms with E-state index in [4.69, 9.17) is 0 Å². The van der Waals surface area contributed by atoms with Gasteiger partial charge in [-0.3, -0.25) is 4.90 Å². The molecule has 0 saturated heterocycles. The number of aliphatic hydroxyl groups excluding tert-OH is 1. The third-order valence-corrected chi connectivity index (χ3v) is 6.05. The Morgan fingerprint density at radius 1 is 0.656 bits per heavy atom. The third kappa shape index (κ3) is 4.51. The summed E-state index contributed by atoms with van der Waals surface area (Å²) in [5.41, 5.74) is 1.82. The van der Waals surface area contributed by atoms with Gasteiger partial charge in [0.15, 0.2) is 0 Å². The molecule has 4 aromatic rings. The zero-order chi connectivity index (χ0) is 22.4. The van der Waals surface area contributed by atoms with Gasteiger partial charge < -0.3 is 10.2 Å².